The number of unbranched alkanes of at least 4 members (excludes halogenated alkanes) is 1. The molecule has 0 aliphatic rings. The average molecular weight is 221 g/mol. The molecule has 2 heteroatoms. The lowest BCUT2D eigenvalue weighted by Crippen LogP contribution is -2.15. The second-order valence-electron chi connectivity index (χ2n) is 4.06. The normalized spacial score (nSPS) is 10.4. The fourth-order valence-corrected chi connectivity index (χ4v) is 1.71. The Kier molecular flexibility index (Phi) is 6.66. The van der Waals surface area contributed by atoms with E-state index in [1.165, 1.54) is 24.8 Å². The van der Waals surface area contributed by atoms with Crippen LogP contribution in [0.15, 0.2) is 24.3 Å². The second-order valence-corrected chi connectivity index (χ2v) is 4.06. The first kappa shape index (κ1) is 13.0. The molecule has 0 heterocycles. The minimum absolute atomic E-state index is 0.960. The molecule has 1 aromatic rings. The van der Waals surface area contributed by atoms with Crippen LogP contribution < -0.4 is 10.1 Å². The number of methoxy groups -OCH3 is 1. The van der Waals surface area contributed by atoms with Crippen LogP contribution >= 0.6 is 0 Å². The zero-order chi connectivity index (χ0) is 11.6. The van der Waals surface area contributed by atoms with Crippen LogP contribution in [0, 0.1) is 0 Å². The molecule has 0 aromatic heterocycles. The van der Waals surface area contributed by atoms with Crippen molar-refractivity contribution in [3.05, 3.63) is 29.8 Å². The third kappa shape index (κ3) is 5.17. The minimum atomic E-state index is 0.960. The standard InChI is InChI=1S/C14H23NO/c1-3-10-15-11-5-4-7-13-8-6-9-14(12-13)16-2/h6,8-9,12,15H,3-5,7,10-11H2,1-2H3. The van der Waals surface area contributed by atoms with Gasteiger partial charge in [0.15, 0.2) is 0 Å². The maximum atomic E-state index is 5.20. The van der Waals surface area contributed by atoms with Crippen molar-refractivity contribution in [2.24, 2.45) is 0 Å². The summed E-state index contributed by atoms with van der Waals surface area (Å²) in [5, 5.41) is 3.42. The Morgan fingerprint density at radius 1 is 1.19 bits per heavy atom. The smallest absolute Gasteiger partial charge is 0.119 e. The molecule has 1 aromatic carbocycles. The molecule has 0 bridgehead atoms. The van der Waals surface area contributed by atoms with Crippen molar-refractivity contribution in [2.75, 3.05) is 20.2 Å². The number of ether oxygens (including phenoxy) is 1. The van der Waals surface area contributed by atoms with E-state index in [-0.39, 0.29) is 0 Å². The van der Waals surface area contributed by atoms with E-state index >= 15 is 0 Å². The first-order valence-electron chi connectivity index (χ1n) is 6.20. The van der Waals surface area contributed by atoms with Crippen molar-refractivity contribution >= 4 is 0 Å². The molecule has 0 amide bonds. The number of rotatable bonds is 8. The van der Waals surface area contributed by atoms with Gasteiger partial charge in [-0.25, -0.2) is 0 Å². The van der Waals surface area contributed by atoms with Gasteiger partial charge >= 0.3 is 0 Å². The number of hydrogen-bond acceptors (Lipinski definition) is 2. The summed E-state index contributed by atoms with van der Waals surface area (Å²) in [5.74, 6) is 0.960. The van der Waals surface area contributed by atoms with E-state index in [0.29, 0.717) is 0 Å². The molecular formula is C14H23NO. The lowest BCUT2D eigenvalue weighted by molar-refractivity contribution is 0.414. The Labute approximate surface area is 99.0 Å². The van der Waals surface area contributed by atoms with E-state index < -0.39 is 0 Å². The van der Waals surface area contributed by atoms with E-state index in [1.54, 1.807) is 7.11 Å². The lowest BCUT2D eigenvalue weighted by atomic mass is 10.1. The summed E-state index contributed by atoms with van der Waals surface area (Å²) in [5.41, 5.74) is 1.37. The van der Waals surface area contributed by atoms with Crippen molar-refractivity contribution < 1.29 is 4.74 Å². The third-order valence-electron chi connectivity index (χ3n) is 2.63. The number of benzene rings is 1. The molecule has 16 heavy (non-hydrogen) atoms. The van der Waals surface area contributed by atoms with Gasteiger partial charge in [-0.1, -0.05) is 19.1 Å². The minimum Gasteiger partial charge on any atom is -0.497 e. The molecule has 0 atom stereocenters. The summed E-state index contributed by atoms with van der Waals surface area (Å²) in [6.45, 7) is 4.47. The maximum Gasteiger partial charge on any atom is 0.119 e. The summed E-state index contributed by atoms with van der Waals surface area (Å²) in [6, 6.07) is 8.34. The van der Waals surface area contributed by atoms with Crippen molar-refractivity contribution in [3.8, 4) is 5.75 Å². The van der Waals surface area contributed by atoms with Gasteiger partial charge in [0.1, 0.15) is 5.75 Å². The van der Waals surface area contributed by atoms with E-state index in [9.17, 15) is 0 Å². The fourth-order valence-electron chi connectivity index (χ4n) is 1.71. The fraction of sp³-hybridized carbons (Fsp3) is 0.571. The molecule has 0 spiro atoms. The SMILES string of the molecule is CCCNCCCCc1cccc(OC)c1. The predicted molar refractivity (Wildman–Crippen MR) is 69.1 cm³/mol. The molecule has 1 rings (SSSR count). The monoisotopic (exact) mass is 221 g/mol. The van der Waals surface area contributed by atoms with Crippen LogP contribution in [0.2, 0.25) is 0 Å². The van der Waals surface area contributed by atoms with Crippen LogP contribution in [0.5, 0.6) is 5.75 Å². The van der Waals surface area contributed by atoms with Crippen LogP contribution in [0.25, 0.3) is 0 Å². The van der Waals surface area contributed by atoms with Crippen molar-refractivity contribution in [2.45, 2.75) is 32.6 Å². The van der Waals surface area contributed by atoms with Gasteiger partial charge in [0, 0.05) is 0 Å². The first-order valence-corrected chi connectivity index (χ1v) is 6.20. The van der Waals surface area contributed by atoms with Crippen LogP contribution in [0.3, 0.4) is 0 Å². The van der Waals surface area contributed by atoms with Crippen LogP contribution in [0.4, 0.5) is 0 Å². The van der Waals surface area contributed by atoms with Crippen molar-refractivity contribution in [1.29, 1.82) is 0 Å². The maximum absolute atomic E-state index is 5.20. The Morgan fingerprint density at radius 2 is 2.06 bits per heavy atom. The topological polar surface area (TPSA) is 21.3 Å². The molecule has 0 saturated carbocycles. The number of hydrogen-bond donors (Lipinski definition) is 1. The van der Waals surface area contributed by atoms with Gasteiger partial charge in [-0.15, -0.1) is 0 Å². The predicted octanol–water partition coefficient (Wildman–Crippen LogP) is 3.02. The number of aryl methyl sites for hydroxylation is 1. The molecule has 2 nitrogen and oxygen atoms in total. The van der Waals surface area contributed by atoms with Crippen molar-refractivity contribution in [1.82, 2.24) is 5.32 Å². The summed E-state index contributed by atoms with van der Waals surface area (Å²) >= 11 is 0. The molecule has 90 valence electrons. The van der Waals surface area contributed by atoms with Gasteiger partial charge in [-0.3, -0.25) is 0 Å². The van der Waals surface area contributed by atoms with Gasteiger partial charge in [-0.05, 0) is 56.5 Å². The molecule has 0 unspecified atom stereocenters. The zero-order valence-corrected chi connectivity index (χ0v) is 10.5. The van der Waals surface area contributed by atoms with Gasteiger partial charge in [0.25, 0.3) is 0 Å². The molecule has 0 aliphatic carbocycles. The van der Waals surface area contributed by atoms with Gasteiger partial charge in [0.2, 0.25) is 0 Å². The molecule has 0 radical (unpaired) electrons. The van der Waals surface area contributed by atoms with Gasteiger partial charge in [0.05, 0.1) is 7.11 Å². The van der Waals surface area contributed by atoms with E-state index in [0.717, 1.165) is 25.3 Å². The van der Waals surface area contributed by atoms with Gasteiger partial charge in [-0.2, -0.15) is 0 Å². The summed E-state index contributed by atoms with van der Waals surface area (Å²) in [4.78, 5) is 0. The van der Waals surface area contributed by atoms with E-state index in [1.807, 2.05) is 6.07 Å². The first-order chi connectivity index (χ1) is 7.86. The Morgan fingerprint density at radius 3 is 2.81 bits per heavy atom. The molecule has 0 fully saturated rings. The third-order valence-corrected chi connectivity index (χ3v) is 2.63. The van der Waals surface area contributed by atoms with E-state index in [4.69, 9.17) is 4.74 Å². The molecule has 0 saturated heterocycles. The lowest BCUT2D eigenvalue weighted by Gasteiger charge is -2.05. The number of nitrogens with one attached hydrogen (secondary N) is 1. The molecular weight excluding hydrogens is 198 g/mol. The Balaban J connectivity index is 2.16. The summed E-state index contributed by atoms with van der Waals surface area (Å²) in [7, 11) is 1.72. The zero-order valence-electron chi connectivity index (χ0n) is 10.5. The highest BCUT2D eigenvalue weighted by atomic mass is 16.5. The van der Waals surface area contributed by atoms with Crippen LogP contribution in [-0.2, 0) is 6.42 Å². The van der Waals surface area contributed by atoms with Crippen LogP contribution in [0.1, 0.15) is 31.7 Å². The highest BCUT2D eigenvalue weighted by Gasteiger charge is 1.96. The van der Waals surface area contributed by atoms with Gasteiger partial charge < -0.3 is 10.1 Å². The summed E-state index contributed by atoms with van der Waals surface area (Å²) < 4.78 is 5.20. The molecule has 1 N–H and O–H groups in total. The average Bonchev–Trinajstić information content (AvgIpc) is 2.34. The van der Waals surface area contributed by atoms with Crippen molar-refractivity contribution in [3.63, 3.8) is 0 Å². The largest absolute Gasteiger partial charge is 0.497 e. The van der Waals surface area contributed by atoms with E-state index in [2.05, 4.69) is 30.4 Å². The highest BCUT2D eigenvalue weighted by Crippen LogP contribution is 2.14. The second kappa shape index (κ2) is 8.17. The quantitative estimate of drug-likeness (QED) is 0.681. The highest BCUT2D eigenvalue weighted by molar-refractivity contribution is 5.28. The Bertz CT molecular complexity index is 286. The van der Waals surface area contributed by atoms with Crippen LogP contribution in [-0.4, -0.2) is 20.2 Å². The molecule has 0 aliphatic heterocycles. The summed E-state index contributed by atoms with van der Waals surface area (Å²) in [6.07, 6.45) is 4.85. The Hall–Kier alpha value is -1.02.